The second-order valence-corrected chi connectivity index (χ2v) is 4.26. The van der Waals surface area contributed by atoms with Crippen molar-refractivity contribution < 1.29 is 24.2 Å². The van der Waals surface area contributed by atoms with Crippen molar-refractivity contribution in [2.24, 2.45) is 5.92 Å². The van der Waals surface area contributed by atoms with Gasteiger partial charge in [0.15, 0.2) is 0 Å². The molecule has 19 heavy (non-hydrogen) atoms. The SMILES string of the molecule is O=C([O-])C1CC(=O)N(C(=O)OCc2ccccc2)C1. The first kappa shape index (κ1) is 13.1. The van der Waals surface area contributed by atoms with Crippen molar-refractivity contribution in [2.75, 3.05) is 6.54 Å². The Labute approximate surface area is 109 Å². The van der Waals surface area contributed by atoms with Crippen LogP contribution in [0.15, 0.2) is 30.3 Å². The van der Waals surface area contributed by atoms with E-state index in [9.17, 15) is 19.5 Å². The maximum Gasteiger partial charge on any atom is 0.416 e. The maximum atomic E-state index is 11.7. The number of ether oxygens (including phenoxy) is 1. The number of carboxylic acid groups (broad SMARTS) is 1. The third-order valence-electron chi connectivity index (χ3n) is 2.88. The van der Waals surface area contributed by atoms with E-state index in [1.165, 1.54) is 0 Å². The van der Waals surface area contributed by atoms with E-state index in [4.69, 9.17) is 4.74 Å². The van der Waals surface area contributed by atoms with Crippen LogP contribution in [0.5, 0.6) is 0 Å². The number of rotatable bonds is 3. The van der Waals surface area contributed by atoms with E-state index in [1.807, 2.05) is 6.07 Å². The van der Waals surface area contributed by atoms with E-state index < -0.39 is 23.9 Å². The van der Waals surface area contributed by atoms with Crippen LogP contribution in [0, 0.1) is 5.92 Å². The van der Waals surface area contributed by atoms with Gasteiger partial charge in [-0.3, -0.25) is 4.79 Å². The second-order valence-electron chi connectivity index (χ2n) is 4.26. The number of aliphatic carboxylic acids is 1. The minimum atomic E-state index is -1.33. The highest BCUT2D eigenvalue weighted by Crippen LogP contribution is 2.18. The Kier molecular flexibility index (Phi) is 3.79. The van der Waals surface area contributed by atoms with Crippen molar-refractivity contribution in [3.63, 3.8) is 0 Å². The molecule has 1 atom stereocenters. The van der Waals surface area contributed by atoms with Crippen LogP contribution in [0.3, 0.4) is 0 Å². The van der Waals surface area contributed by atoms with Gasteiger partial charge in [-0.15, -0.1) is 0 Å². The molecule has 100 valence electrons. The lowest BCUT2D eigenvalue weighted by atomic mass is 10.1. The minimum absolute atomic E-state index is 0.0411. The summed E-state index contributed by atoms with van der Waals surface area (Å²) in [6.07, 6.45) is -1.04. The van der Waals surface area contributed by atoms with Gasteiger partial charge in [-0.25, -0.2) is 9.69 Å². The lowest BCUT2D eigenvalue weighted by Crippen LogP contribution is -2.36. The van der Waals surface area contributed by atoms with Gasteiger partial charge in [0.25, 0.3) is 0 Å². The van der Waals surface area contributed by atoms with E-state index in [0.29, 0.717) is 0 Å². The molecule has 0 radical (unpaired) electrons. The van der Waals surface area contributed by atoms with Crippen LogP contribution in [-0.2, 0) is 20.9 Å². The first-order chi connectivity index (χ1) is 9.08. The fourth-order valence-electron chi connectivity index (χ4n) is 1.84. The molecule has 6 heteroatoms. The molecule has 0 saturated carbocycles. The molecule has 0 aliphatic carbocycles. The van der Waals surface area contributed by atoms with Gasteiger partial charge in [0.1, 0.15) is 6.61 Å². The molecule has 1 heterocycles. The highest BCUT2D eigenvalue weighted by molar-refractivity contribution is 5.96. The summed E-state index contributed by atoms with van der Waals surface area (Å²) in [6.45, 7) is -0.145. The lowest BCUT2D eigenvalue weighted by molar-refractivity contribution is -0.310. The number of amides is 2. The summed E-state index contributed by atoms with van der Waals surface area (Å²) >= 11 is 0. The van der Waals surface area contributed by atoms with Crippen molar-refractivity contribution in [1.29, 1.82) is 0 Å². The molecular formula is C13H12NO5-. The standard InChI is InChI=1S/C13H13NO5/c15-11-6-10(12(16)17)7-14(11)13(18)19-8-9-4-2-1-3-5-9/h1-5,10H,6-8H2,(H,16,17)/p-1. The van der Waals surface area contributed by atoms with Crippen LogP contribution in [0.4, 0.5) is 4.79 Å². The topological polar surface area (TPSA) is 86.7 Å². The van der Waals surface area contributed by atoms with Crippen molar-refractivity contribution in [1.82, 2.24) is 4.90 Å². The predicted molar refractivity (Wildman–Crippen MR) is 61.5 cm³/mol. The molecule has 1 fully saturated rings. The number of hydrogen-bond donors (Lipinski definition) is 0. The normalized spacial score (nSPS) is 18.4. The minimum Gasteiger partial charge on any atom is -0.550 e. The molecule has 0 aromatic heterocycles. The third kappa shape index (κ3) is 3.09. The molecule has 1 unspecified atom stereocenters. The molecular weight excluding hydrogens is 250 g/mol. The zero-order valence-electron chi connectivity index (χ0n) is 10.1. The summed E-state index contributed by atoms with van der Waals surface area (Å²) in [5.74, 6) is -2.82. The molecule has 0 spiro atoms. The van der Waals surface area contributed by atoms with Crippen LogP contribution in [0.1, 0.15) is 12.0 Å². The van der Waals surface area contributed by atoms with Crippen molar-refractivity contribution >= 4 is 18.0 Å². The highest BCUT2D eigenvalue weighted by Gasteiger charge is 2.35. The zero-order valence-corrected chi connectivity index (χ0v) is 10.1. The molecule has 1 aliphatic heterocycles. The van der Waals surface area contributed by atoms with Crippen LogP contribution in [0.2, 0.25) is 0 Å². The van der Waals surface area contributed by atoms with Gasteiger partial charge in [-0.2, -0.15) is 0 Å². The number of benzene rings is 1. The predicted octanol–water partition coefficient (Wildman–Crippen LogP) is -0.0784. The Bertz CT molecular complexity index is 499. The van der Waals surface area contributed by atoms with Crippen molar-refractivity contribution in [3.05, 3.63) is 35.9 Å². The Morgan fingerprint density at radius 1 is 1.32 bits per heavy atom. The van der Waals surface area contributed by atoms with E-state index in [-0.39, 0.29) is 19.6 Å². The number of likely N-dealkylation sites (tertiary alicyclic amines) is 1. The van der Waals surface area contributed by atoms with Gasteiger partial charge in [-0.1, -0.05) is 30.3 Å². The maximum absolute atomic E-state index is 11.7. The molecule has 2 rings (SSSR count). The molecule has 1 aromatic rings. The molecule has 0 bridgehead atoms. The number of nitrogens with zero attached hydrogens (tertiary/aromatic N) is 1. The number of carbonyl (C=O) groups is 3. The van der Waals surface area contributed by atoms with Gasteiger partial charge in [0.05, 0.1) is 0 Å². The highest BCUT2D eigenvalue weighted by atomic mass is 16.6. The first-order valence-corrected chi connectivity index (χ1v) is 5.80. The van der Waals surface area contributed by atoms with Crippen molar-refractivity contribution in [2.45, 2.75) is 13.0 Å². The number of carboxylic acids is 1. The van der Waals surface area contributed by atoms with Gasteiger partial charge < -0.3 is 14.6 Å². The summed E-state index contributed by atoms with van der Waals surface area (Å²) < 4.78 is 4.96. The van der Waals surface area contributed by atoms with Crippen LogP contribution in [-0.4, -0.2) is 29.4 Å². The summed E-state index contributed by atoms with van der Waals surface area (Å²) in [5, 5.41) is 10.7. The van der Waals surface area contributed by atoms with Crippen molar-refractivity contribution in [3.8, 4) is 0 Å². The monoisotopic (exact) mass is 262 g/mol. The molecule has 2 amide bonds. The average molecular weight is 262 g/mol. The van der Waals surface area contributed by atoms with E-state index in [1.54, 1.807) is 24.3 Å². The number of imide groups is 1. The lowest BCUT2D eigenvalue weighted by Gasteiger charge is -2.15. The number of carbonyl (C=O) groups excluding carboxylic acids is 3. The second kappa shape index (κ2) is 5.51. The van der Waals surface area contributed by atoms with Gasteiger partial charge in [0, 0.05) is 24.9 Å². The van der Waals surface area contributed by atoms with Gasteiger partial charge in [-0.05, 0) is 5.56 Å². The van der Waals surface area contributed by atoms with Crippen LogP contribution in [0.25, 0.3) is 0 Å². The molecule has 0 N–H and O–H groups in total. The summed E-state index contributed by atoms with van der Waals surface area (Å²) in [6, 6.07) is 9.00. The van der Waals surface area contributed by atoms with Crippen LogP contribution < -0.4 is 5.11 Å². The Balaban J connectivity index is 1.90. The first-order valence-electron chi connectivity index (χ1n) is 5.80. The largest absolute Gasteiger partial charge is 0.550 e. The van der Waals surface area contributed by atoms with E-state index in [0.717, 1.165) is 10.5 Å². The molecule has 1 aliphatic rings. The van der Waals surface area contributed by atoms with E-state index >= 15 is 0 Å². The summed E-state index contributed by atoms with van der Waals surface area (Å²) in [7, 11) is 0. The van der Waals surface area contributed by atoms with E-state index in [2.05, 4.69) is 0 Å². The third-order valence-corrected chi connectivity index (χ3v) is 2.88. The molecule has 1 aromatic carbocycles. The Morgan fingerprint density at radius 3 is 2.58 bits per heavy atom. The summed E-state index contributed by atoms with van der Waals surface area (Å²) in [5.41, 5.74) is 0.791. The van der Waals surface area contributed by atoms with Gasteiger partial charge in [0.2, 0.25) is 5.91 Å². The Hall–Kier alpha value is -2.37. The summed E-state index contributed by atoms with van der Waals surface area (Å²) in [4.78, 5) is 34.6. The number of hydrogen-bond acceptors (Lipinski definition) is 5. The Morgan fingerprint density at radius 2 is 2.00 bits per heavy atom. The zero-order chi connectivity index (χ0) is 13.8. The average Bonchev–Trinajstić information content (AvgIpc) is 2.80. The fraction of sp³-hybridized carbons (Fsp3) is 0.308. The van der Waals surface area contributed by atoms with Gasteiger partial charge >= 0.3 is 6.09 Å². The molecule has 1 saturated heterocycles. The quantitative estimate of drug-likeness (QED) is 0.760. The molecule has 6 nitrogen and oxygen atoms in total. The smallest absolute Gasteiger partial charge is 0.416 e. The fourth-order valence-corrected chi connectivity index (χ4v) is 1.84. The van der Waals surface area contributed by atoms with Crippen LogP contribution >= 0.6 is 0 Å².